The second-order valence-electron chi connectivity index (χ2n) is 4.12. The average molecular weight is 258 g/mol. The second-order valence-corrected chi connectivity index (χ2v) is 4.12. The number of carbonyl (C=O) groups excluding carboxylic acids is 1. The van der Waals surface area contributed by atoms with Gasteiger partial charge in [-0.3, -0.25) is 4.79 Å². The van der Waals surface area contributed by atoms with Crippen molar-refractivity contribution in [3.8, 4) is 6.07 Å². The van der Waals surface area contributed by atoms with Crippen molar-refractivity contribution < 1.29 is 14.7 Å². The number of carbonyl (C=O) groups is 2. The Morgan fingerprint density at radius 2 is 1.89 bits per heavy atom. The number of anilines is 1. The summed E-state index contributed by atoms with van der Waals surface area (Å²) in [5.41, 5.74) is 1.58. The lowest BCUT2D eigenvalue weighted by atomic mass is 10.1. The van der Waals surface area contributed by atoms with Crippen LogP contribution in [0.5, 0.6) is 0 Å². The largest absolute Gasteiger partial charge is 0.478 e. The Hall–Kier alpha value is -2.61. The Kier molecular flexibility index (Phi) is 4.43. The number of aryl methyl sites for hydroxylation is 1. The fraction of sp³-hybridized carbons (Fsp3) is 0.214. The van der Waals surface area contributed by atoms with Crippen LogP contribution in [-0.2, 0) is 9.59 Å². The zero-order valence-corrected chi connectivity index (χ0v) is 10.9. The normalized spacial score (nSPS) is 11.3. The van der Waals surface area contributed by atoms with Crippen LogP contribution in [0.4, 0.5) is 5.69 Å². The van der Waals surface area contributed by atoms with Gasteiger partial charge in [0.2, 0.25) is 0 Å². The monoisotopic (exact) mass is 258 g/mol. The highest BCUT2D eigenvalue weighted by molar-refractivity contribution is 6.08. The molecule has 0 aliphatic heterocycles. The number of rotatable bonds is 3. The van der Waals surface area contributed by atoms with E-state index in [1.807, 2.05) is 6.07 Å². The van der Waals surface area contributed by atoms with Gasteiger partial charge >= 0.3 is 5.97 Å². The van der Waals surface area contributed by atoms with Crippen LogP contribution in [0, 0.1) is 18.3 Å². The van der Waals surface area contributed by atoms with Crippen molar-refractivity contribution in [2.45, 2.75) is 20.8 Å². The lowest BCUT2D eigenvalue weighted by molar-refractivity contribution is -0.133. The highest BCUT2D eigenvalue weighted by Gasteiger charge is 2.14. The number of carboxylic acids is 1. The van der Waals surface area contributed by atoms with Crippen molar-refractivity contribution in [3.05, 3.63) is 40.5 Å². The predicted octanol–water partition coefficient (Wildman–Crippen LogP) is 2.23. The summed E-state index contributed by atoms with van der Waals surface area (Å²) in [6.45, 7) is 4.55. The van der Waals surface area contributed by atoms with Crippen LogP contribution >= 0.6 is 0 Å². The number of carboxylic acid groups (broad SMARTS) is 1. The Labute approximate surface area is 111 Å². The zero-order chi connectivity index (χ0) is 14.6. The van der Waals surface area contributed by atoms with Gasteiger partial charge in [0.25, 0.3) is 5.91 Å². The first-order valence-corrected chi connectivity index (χ1v) is 5.60. The highest BCUT2D eigenvalue weighted by atomic mass is 16.4. The molecule has 0 fully saturated rings. The van der Waals surface area contributed by atoms with E-state index in [2.05, 4.69) is 5.32 Å². The van der Waals surface area contributed by atoms with E-state index in [1.54, 1.807) is 25.1 Å². The molecule has 5 heteroatoms. The van der Waals surface area contributed by atoms with Crippen molar-refractivity contribution in [1.29, 1.82) is 5.26 Å². The van der Waals surface area contributed by atoms with Gasteiger partial charge in [-0.05, 0) is 32.4 Å². The molecular formula is C14H14N2O3. The summed E-state index contributed by atoms with van der Waals surface area (Å²) in [5.74, 6) is -1.67. The number of hydrogen-bond acceptors (Lipinski definition) is 3. The predicted molar refractivity (Wildman–Crippen MR) is 70.5 cm³/mol. The van der Waals surface area contributed by atoms with E-state index in [9.17, 15) is 9.59 Å². The summed E-state index contributed by atoms with van der Waals surface area (Å²) in [6, 6.07) is 7.10. The van der Waals surface area contributed by atoms with Crippen LogP contribution in [0.1, 0.15) is 25.0 Å². The van der Waals surface area contributed by atoms with E-state index in [4.69, 9.17) is 10.4 Å². The maximum Gasteiger partial charge on any atom is 0.331 e. The highest BCUT2D eigenvalue weighted by Crippen LogP contribution is 2.19. The third-order valence-electron chi connectivity index (χ3n) is 2.86. The van der Waals surface area contributed by atoms with E-state index in [1.165, 1.54) is 13.8 Å². The quantitative estimate of drug-likeness (QED) is 0.813. The molecule has 98 valence electrons. The standard InChI is InChI=1S/C14H14N2O3/c1-8-5-4-6-12(11(8)7-15)16-13(17)9(2)10(3)14(18)19/h4-6H,1-3H3,(H,16,17)(H,18,19)/b10-9+. The van der Waals surface area contributed by atoms with Gasteiger partial charge in [0, 0.05) is 11.1 Å². The average Bonchev–Trinajstić information content (AvgIpc) is 2.37. The lowest BCUT2D eigenvalue weighted by Crippen LogP contribution is -2.17. The van der Waals surface area contributed by atoms with Crippen LogP contribution in [0.15, 0.2) is 29.3 Å². The molecule has 0 atom stereocenters. The maximum absolute atomic E-state index is 11.9. The molecular weight excluding hydrogens is 244 g/mol. The first-order valence-electron chi connectivity index (χ1n) is 5.60. The van der Waals surface area contributed by atoms with Crippen LogP contribution < -0.4 is 5.32 Å². The molecule has 5 nitrogen and oxygen atoms in total. The number of hydrogen-bond donors (Lipinski definition) is 2. The minimum atomic E-state index is -1.14. The topological polar surface area (TPSA) is 90.2 Å². The number of aliphatic carboxylic acids is 1. The Bertz CT molecular complexity index is 610. The molecule has 0 saturated carbocycles. The molecule has 2 N–H and O–H groups in total. The minimum absolute atomic E-state index is 0.0244. The number of nitriles is 1. The number of amides is 1. The van der Waals surface area contributed by atoms with Crippen molar-refractivity contribution in [2.75, 3.05) is 5.32 Å². The van der Waals surface area contributed by atoms with Crippen LogP contribution in [0.25, 0.3) is 0 Å². The molecule has 0 bridgehead atoms. The Morgan fingerprint density at radius 1 is 1.26 bits per heavy atom. The molecule has 0 unspecified atom stereocenters. The van der Waals surface area contributed by atoms with Crippen molar-refractivity contribution >= 4 is 17.6 Å². The molecule has 0 aliphatic rings. The fourth-order valence-corrected chi connectivity index (χ4v) is 1.47. The molecule has 0 radical (unpaired) electrons. The van der Waals surface area contributed by atoms with Crippen molar-refractivity contribution in [2.24, 2.45) is 0 Å². The minimum Gasteiger partial charge on any atom is -0.478 e. The SMILES string of the molecule is C/C(C(=O)O)=C(/C)C(=O)Nc1cccc(C)c1C#N. The molecule has 1 aromatic carbocycles. The molecule has 0 aliphatic carbocycles. The van der Waals surface area contributed by atoms with Gasteiger partial charge in [0.05, 0.1) is 11.3 Å². The first kappa shape index (κ1) is 14.5. The van der Waals surface area contributed by atoms with E-state index >= 15 is 0 Å². The molecule has 1 rings (SSSR count). The van der Waals surface area contributed by atoms with E-state index in [0.717, 1.165) is 5.56 Å². The number of nitrogens with one attached hydrogen (secondary N) is 1. The fourth-order valence-electron chi connectivity index (χ4n) is 1.47. The third-order valence-corrected chi connectivity index (χ3v) is 2.86. The van der Waals surface area contributed by atoms with Gasteiger partial charge < -0.3 is 10.4 Å². The summed E-state index contributed by atoms with van der Waals surface area (Å²) < 4.78 is 0. The second kappa shape index (κ2) is 5.83. The summed E-state index contributed by atoms with van der Waals surface area (Å²) in [4.78, 5) is 22.7. The van der Waals surface area contributed by atoms with Gasteiger partial charge in [-0.15, -0.1) is 0 Å². The van der Waals surface area contributed by atoms with Gasteiger partial charge in [0.15, 0.2) is 0 Å². The van der Waals surface area contributed by atoms with Gasteiger partial charge in [-0.1, -0.05) is 12.1 Å². The van der Waals surface area contributed by atoms with Crippen molar-refractivity contribution in [1.82, 2.24) is 0 Å². The van der Waals surface area contributed by atoms with Crippen LogP contribution in [-0.4, -0.2) is 17.0 Å². The van der Waals surface area contributed by atoms with E-state index < -0.39 is 11.9 Å². The first-order chi connectivity index (χ1) is 8.88. The van der Waals surface area contributed by atoms with Gasteiger partial charge in [-0.2, -0.15) is 5.26 Å². The summed E-state index contributed by atoms with van der Waals surface area (Å²) >= 11 is 0. The van der Waals surface area contributed by atoms with E-state index in [0.29, 0.717) is 11.3 Å². The summed E-state index contributed by atoms with van der Waals surface area (Å²) in [7, 11) is 0. The Morgan fingerprint density at radius 3 is 2.42 bits per heavy atom. The van der Waals surface area contributed by atoms with Crippen LogP contribution in [0.2, 0.25) is 0 Å². The smallest absolute Gasteiger partial charge is 0.331 e. The summed E-state index contributed by atoms with van der Waals surface area (Å²) in [5, 5.41) is 20.4. The molecule has 0 saturated heterocycles. The van der Waals surface area contributed by atoms with Gasteiger partial charge in [0.1, 0.15) is 6.07 Å². The van der Waals surface area contributed by atoms with Crippen LogP contribution in [0.3, 0.4) is 0 Å². The number of benzene rings is 1. The van der Waals surface area contributed by atoms with Crippen molar-refractivity contribution in [3.63, 3.8) is 0 Å². The maximum atomic E-state index is 11.9. The third kappa shape index (κ3) is 3.19. The zero-order valence-electron chi connectivity index (χ0n) is 10.9. The molecule has 0 aromatic heterocycles. The lowest BCUT2D eigenvalue weighted by Gasteiger charge is -2.09. The Balaban J connectivity index is 3.09. The molecule has 1 aromatic rings. The molecule has 19 heavy (non-hydrogen) atoms. The van der Waals surface area contributed by atoms with Gasteiger partial charge in [-0.25, -0.2) is 4.79 Å². The summed E-state index contributed by atoms with van der Waals surface area (Å²) in [6.07, 6.45) is 0. The molecule has 0 heterocycles. The van der Waals surface area contributed by atoms with E-state index in [-0.39, 0.29) is 11.1 Å². The molecule has 1 amide bonds. The molecule has 0 spiro atoms. The number of nitrogens with zero attached hydrogens (tertiary/aromatic N) is 1.